The molecule has 0 spiro atoms. The van der Waals surface area contributed by atoms with Crippen molar-refractivity contribution in [2.45, 2.75) is 40.0 Å². The molecule has 0 saturated heterocycles. The third-order valence-corrected chi connectivity index (χ3v) is 3.16. The van der Waals surface area contributed by atoms with Gasteiger partial charge in [-0.05, 0) is 30.4 Å². The first kappa shape index (κ1) is 14.7. The summed E-state index contributed by atoms with van der Waals surface area (Å²) >= 11 is 0. The van der Waals surface area contributed by atoms with Crippen molar-refractivity contribution in [1.82, 2.24) is 15.1 Å². The van der Waals surface area contributed by atoms with Gasteiger partial charge in [0.15, 0.2) is 0 Å². The van der Waals surface area contributed by atoms with E-state index in [2.05, 4.69) is 35.9 Å². The molecule has 0 saturated carbocycles. The first-order valence-corrected chi connectivity index (χ1v) is 6.86. The summed E-state index contributed by atoms with van der Waals surface area (Å²) in [4.78, 5) is 8.78. The van der Waals surface area contributed by atoms with Crippen LogP contribution in [0, 0.1) is 12.3 Å². The Morgan fingerprint density at radius 3 is 2.70 bits per heavy atom. The van der Waals surface area contributed by atoms with Gasteiger partial charge in [-0.2, -0.15) is 4.98 Å². The van der Waals surface area contributed by atoms with Crippen LogP contribution in [0.15, 0.2) is 22.9 Å². The third kappa shape index (κ3) is 3.42. The summed E-state index contributed by atoms with van der Waals surface area (Å²) in [6, 6.07) is 3.87. The quantitative estimate of drug-likeness (QED) is 0.927. The Labute approximate surface area is 119 Å². The van der Waals surface area contributed by atoms with Crippen molar-refractivity contribution in [1.29, 1.82) is 0 Å². The van der Waals surface area contributed by atoms with Crippen molar-refractivity contribution in [2.75, 3.05) is 6.54 Å². The minimum atomic E-state index is 0.0836. The fraction of sp³-hybridized carbons (Fsp3) is 0.533. The predicted octanol–water partition coefficient (Wildman–Crippen LogP) is 2.92. The average molecular weight is 274 g/mol. The molecule has 0 amide bonds. The van der Waals surface area contributed by atoms with Crippen molar-refractivity contribution in [3.63, 3.8) is 0 Å². The predicted molar refractivity (Wildman–Crippen MR) is 78.1 cm³/mol. The van der Waals surface area contributed by atoms with E-state index in [1.165, 1.54) is 0 Å². The van der Waals surface area contributed by atoms with E-state index >= 15 is 0 Å². The van der Waals surface area contributed by atoms with Gasteiger partial charge in [-0.1, -0.05) is 32.0 Å². The van der Waals surface area contributed by atoms with Gasteiger partial charge in [0.2, 0.25) is 11.7 Å². The molecule has 1 atom stereocenters. The fourth-order valence-corrected chi connectivity index (χ4v) is 2.23. The maximum Gasteiger partial charge on any atom is 0.231 e. The second-order valence-electron chi connectivity index (χ2n) is 6.32. The summed E-state index contributed by atoms with van der Waals surface area (Å²) in [6.07, 6.45) is 2.64. The Morgan fingerprint density at radius 2 is 2.10 bits per heavy atom. The summed E-state index contributed by atoms with van der Waals surface area (Å²) in [5.41, 5.74) is 7.80. The molecular formula is C15H22N4O. The van der Waals surface area contributed by atoms with Crippen LogP contribution in [0.5, 0.6) is 0 Å². The molecule has 0 aliphatic heterocycles. The van der Waals surface area contributed by atoms with Crippen LogP contribution in [-0.4, -0.2) is 21.7 Å². The molecule has 2 heterocycles. The molecule has 5 nitrogen and oxygen atoms in total. The van der Waals surface area contributed by atoms with E-state index in [9.17, 15) is 0 Å². The lowest BCUT2D eigenvalue weighted by Gasteiger charge is -2.22. The van der Waals surface area contributed by atoms with E-state index in [-0.39, 0.29) is 11.3 Å². The summed E-state index contributed by atoms with van der Waals surface area (Å²) in [5.74, 6) is 1.22. The molecule has 0 aliphatic carbocycles. The minimum Gasteiger partial charge on any atom is -0.339 e. The maximum absolute atomic E-state index is 5.85. The zero-order valence-corrected chi connectivity index (χ0v) is 12.6. The van der Waals surface area contributed by atoms with Crippen molar-refractivity contribution in [3.05, 3.63) is 29.8 Å². The standard InChI is InChI=1S/C15H22N4O/c1-10-6-5-7-17-12(10)13-18-14(20-19-13)11(9-16)8-15(2,3)4/h5-7,11H,8-9,16H2,1-4H3. The van der Waals surface area contributed by atoms with Gasteiger partial charge in [0, 0.05) is 12.7 Å². The van der Waals surface area contributed by atoms with Gasteiger partial charge in [0.1, 0.15) is 5.69 Å². The van der Waals surface area contributed by atoms with Crippen LogP contribution in [0.4, 0.5) is 0 Å². The Hall–Kier alpha value is -1.75. The van der Waals surface area contributed by atoms with E-state index < -0.39 is 0 Å². The van der Waals surface area contributed by atoms with Gasteiger partial charge >= 0.3 is 0 Å². The first-order chi connectivity index (χ1) is 9.40. The lowest BCUT2D eigenvalue weighted by Crippen LogP contribution is -2.19. The summed E-state index contributed by atoms with van der Waals surface area (Å²) in [7, 11) is 0. The molecule has 0 aliphatic rings. The van der Waals surface area contributed by atoms with Crippen molar-refractivity contribution in [2.24, 2.45) is 11.1 Å². The number of nitrogens with two attached hydrogens (primary N) is 1. The normalized spacial score (nSPS) is 13.4. The smallest absolute Gasteiger partial charge is 0.231 e. The lowest BCUT2D eigenvalue weighted by molar-refractivity contribution is 0.287. The van der Waals surface area contributed by atoms with Crippen molar-refractivity contribution >= 4 is 0 Å². The molecule has 2 rings (SSSR count). The molecule has 20 heavy (non-hydrogen) atoms. The number of aromatic nitrogens is 3. The Balaban J connectivity index is 2.26. The van der Waals surface area contributed by atoms with Gasteiger partial charge in [-0.3, -0.25) is 4.98 Å². The molecule has 0 fully saturated rings. The molecule has 1 unspecified atom stereocenters. The number of hydrogen-bond donors (Lipinski definition) is 1. The summed E-state index contributed by atoms with van der Waals surface area (Å²) < 4.78 is 5.39. The van der Waals surface area contributed by atoms with Crippen LogP contribution in [0.2, 0.25) is 0 Å². The van der Waals surface area contributed by atoms with Crippen LogP contribution >= 0.6 is 0 Å². The highest BCUT2D eigenvalue weighted by Crippen LogP contribution is 2.30. The maximum atomic E-state index is 5.85. The van der Waals surface area contributed by atoms with Crippen LogP contribution in [0.1, 0.15) is 44.6 Å². The molecular weight excluding hydrogens is 252 g/mol. The number of nitrogens with zero attached hydrogens (tertiary/aromatic N) is 3. The van der Waals surface area contributed by atoms with E-state index in [1.54, 1.807) is 6.20 Å². The Kier molecular flexibility index (Phi) is 4.18. The number of rotatable bonds is 4. The zero-order chi connectivity index (χ0) is 14.8. The fourth-order valence-electron chi connectivity index (χ4n) is 2.23. The molecule has 0 bridgehead atoms. The monoisotopic (exact) mass is 274 g/mol. The van der Waals surface area contributed by atoms with E-state index in [4.69, 9.17) is 10.3 Å². The highest BCUT2D eigenvalue weighted by Gasteiger charge is 2.24. The average Bonchev–Trinajstić information content (AvgIpc) is 2.84. The molecule has 2 aromatic heterocycles. The second-order valence-corrected chi connectivity index (χ2v) is 6.32. The third-order valence-electron chi connectivity index (χ3n) is 3.16. The van der Waals surface area contributed by atoms with Gasteiger partial charge in [0.05, 0.1) is 5.92 Å². The molecule has 108 valence electrons. The number of hydrogen-bond acceptors (Lipinski definition) is 5. The van der Waals surface area contributed by atoms with Crippen molar-refractivity contribution < 1.29 is 4.52 Å². The molecule has 2 N–H and O–H groups in total. The van der Waals surface area contributed by atoms with Crippen molar-refractivity contribution in [3.8, 4) is 11.5 Å². The van der Waals surface area contributed by atoms with Crippen LogP contribution in [0.3, 0.4) is 0 Å². The van der Waals surface area contributed by atoms with Gasteiger partial charge in [-0.25, -0.2) is 0 Å². The SMILES string of the molecule is Cc1cccnc1-c1noc(C(CN)CC(C)(C)C)n1. The zero-order valence-electron chi connectivity index (χ0n) is 12.6. The van der Waals surface area contributed by atoms with Crippen LogP contribution in [-0.2, 0) is 0 Å². The van der Waals surface area contributed by atoms with Gasteiger partial charge in [-0.15, -0.1) is 0 Å². The Bertz CT molecular complexity index is 571. The minimum absolute atomic E-state index is 0.0836. The number of pyridine rings is 1. The Morgan fingerprint density at radius 1 is 1.35 bits per heavy atom. The summed E-state index contributed by atoms with van der Waals surface area (Å²) in [5, 5.41) is 4.04. The van der Waals surface area contributed by atoms with E-state index in [1.807, 2.05) is 19.1 Å². The highest BCUT2D eigenvalue weighted by molar-refractivity contribution is 5.53. The largest absolute Gasteiger partial charge is 0.339 e. The van der Waals surface area contributed by atoms with Crippen LogP contribution in [0.25, 0.3) is 11.5 Å². The molecule has 0 aromatic carbocycles. The van der Waals surface area contributed by atoms with Gasteiger partial charge < -0.3 is 10.3 Å². The molecule has 0 radical (unpaired) electrons. The first-order valence-electron chi connectivity index (χ1n) is 6.86. The molecule has 5 heteroatoms. The number of aryl methyl sites for hydroxylation is 1. The van der Waals surface area contributed by atoms with E-state index in [0.717, 1.165) is 17.7 Å². The lowest BCUT2D eigenvalue weighted by atomic mass is 9.84. The topological polar surface area (TPSA) is 77.8 Å². The summed E-state index contributed by atoms with van der Waals surface area (Å²) in [6.45, 7) is 9.01. The highest BCUT2D eigenvalue weighted by atomic mass is 16.5. The van der Waals surface area contributed by atoms with E-state index in [0.29, 0.717) is 18.3 Å². The van der Waals surface area contributed by atoms with Gasteiger partial charge in [0.25, 0.3) is 0 Å². The molecule has 2 aromatic rings. The van der Waals surface area contributed by atoms with Crippen LogP contribution < -0.4 is 5.73 Å². The second kappa shape index (κ2) is 5.71.